The standard InChI is InChI=1S/C25H26ClN7OS/c1-15(34)29-25-30-19-10-9-17-22(16-8-11-21(28-14-16)27-12-13-32(2)3)31-33(23(17)24(19)35-25)20-7-5-4-6-18(20)26/h4-8,11,14H,9-10,12-13H2,1-3H3,(H,27,28)(H,29,30,34). The van der Waals surface area contributed by atoms with E-state index in [1.807, 2.05) is 55.3 Å². The molecule has 10 heteroatoms. The summed E-state index contributed by atoms with van der Waals surface area (Å²) < 4.78 is 1.91. The molecule has 0 radical (unpaired) electrons. The first-order chi connectivity index (χ1) is 16.9. The Kier molecular flexibility index (Phi) is 6.55. The van der Waals surface area contributed by atoms with E-state index in [1.165, 1.54) is 18.3 Å². The fraction of sp³-hybridized carbons (Fsp3) is 0.280. The minimum Gasteiger partial charge on any atom is -0.369 e. The molecule has 1 aliphatic carbocycles. The number of hydrogen-bond donors (Lipinski definition) is 2. The highest BCUT2D eigenvalue weighted by atomic mass is 35.5. The van der Waals surface area contributed by atoms with Crippen molar-refractivity contribution < 1.29 is 4.79 Å². The zero-order chi connectivity index (χ0) is 24.5. The number of benzene rings is 1. The molecule has 3 heterocycles. The summed E-state index contributed by atoms with van der Waals surface area (Å²) >= 11 is 8.06. The van der Waals surface area contributed by atoms with Crippen LogP contribution in [0, 0.1) is 0 Å². The van der Waals surface area contributed by atoms with Crippen LogP contribution in [0.5, 0.6) is 0 Å². The number of carbonyl (C=O) groups is 1. The van der Waals surface area contributed by atoms with Gasteiger partial charge in [-0.15, -0.1) is 0 Å². The molecule has 0 aliphatic heterocycles. The summed E-state index contributed by atoms with van der Waals surface area (Å²) in [6.45, 7) is 3.24. The third kappa shape index (κ3) is 4.80. The van der Waals surface area contributed by atoms with Crippen molar-refractivity contribution in [1.29, 1.82) is 0 Å². The van der Waals surface area contributed by atoms with E-state index in [0.717, 1.165) is 70.5 Å². The van der Waals surface area contributed by atoms with Gasteiger partial charge in [-0.2, -0.15) is 5.10 Å². The van der Waals surface area contributed by atoms with E-state index in [0.29, 0.717) is 10.2 Å². The van der Waals surface area contributed by atoms with Crippen molar-refractivity contribution in [3.05, 3.63) is 58.9 Å². The van der Waals surface area contributed by atoms with Gasteiger partial charge in [0.2, 0.25) is 5.91 Å². The van der Waals surface area contributed by atoms with Crippen LogP contribution >= 0.6 is 22.9 Å². The number of nitrogens with one attached hydrogen (secondary N) is 2. The predicted molar refractivity (Wildman–Crippen MR) is 142 cm³/mol. The van der Waals surface area contributed by atoms with Gasteiger partial charge in [-0.1, -0.05) is 35.1 Å². The van der Waals surface area contributed by atoms with Crippen molar-refractivity contribution in [2.75, 3.05) is 37.8 Å². The highest BCUT2D eigenvalue weighted by Crippen LogP contribution is 2.44. The molecule has 0 saturated heterocycles. The largest absolute Gasteiger partial charge is 0.369 e. The Balaban J connectivity index is 1.58. The number of aryl methyl sites for hydroxylation is 1. The van der Waals surface area contributed by atoms with Crippen molar-refractivity contribution in [3.8, 4) is 27.5 Å². The number of carbonyl (C=O) groups excluding carboxylic acids is 1. The summed E-state index contributed by atoms with van der Waals surface area (Å²) in [5.74, 6) is 0.696. The van der Waals surface area contributed by atoms with Crippen LogP contribution in [0.25, 0.3) is 27.5 Å². The number of pyridine rings is 1. The second-order valence-electron chi connectivity index (χ2n) is 8.68. The Morgan fingerprint density at radius 1 is 1.20 bits per heavy atom. The molecule has 1 aromatic carbocycles. The molecule has 0 fully saturated rings. The number of anilines is 2. The van der Waals surface area contributed by atoms with E-state index < -0.39 is 0 Å². The quantitative estimate of drug-likeness (QED) is 0.375. The molecule has 1 amide bonds. The average Bonchev–Trinajstić information content (AvgIpc) is 3.40. The topological polar surface area (TPSA) is 88.0 Å². The van der Waals surface area contributed by atoms with Crippen molar-refractivity contribution in [3.63, 3.8) is 0 Å². The monoisotopic (exact) mass is 507 g/mol. The van der Waals surface area contributed by atoms with Crippen LogP contribution in [0.4, 0.5) is 10.9 Å². The van der Waals surface area contributed by atoms with Gasteiger partial charge in [-0.3, -0.25) is 4.79 Å². The number of hydrogen-bond acceptors (Lipinski definition) is 7. The molecule has 0 bridgehead atoms. The Bertz CT molecular complexity index is 1380. The van der Waals surface area contributed by atoms with Gasteiger partial charge in [0, 0.05) is 37.3 Å². The highest BCUT2D eigenvalue weighted by molar-refractivity contribution is 7.19. The minimum absolute atomic E-state index is 0.137. The first-order valence-corrected chi connectivity index (χ1v) is 12.6. The van der Waals surface area contributed by atoms with Crippen LogP contribution < -0.4 is 10.6 Å². The molecule has 5 rings (SSSR count). The number of halogens is 1. The maximum absolute atomic E-state index is 11.6. The molecule has 0 saturated carbocycles. The number of nitrogens with zero attached hydrogens (tertiary/aromatic N) is 5. The lowest BCUT2D eigenvalue weighted by atomic mass is 9.95. The molecule has 180 valence electrons. The Morgan fingerprint density at radius 2 is 2.03 bits per heavy atom. The van der Waals surface area contributed by atoms with Crippen molar-refractivity contribution in [1.82, 2.24) is 24.6 Å². The SMILES string of the molecule is CC(=O)Nc1nc2c(s1)-c1c(c(-c3ccc(NCCN(C)C)nc3)nn1-c1ccccc1Cl)CC2. The lowest BCUT2D eigenvalue weighted by Gasteiger charge is -2.14. The Morgan fingerprint density at radius 3 is 2.74 bits per heavy atom. The molecular formula is C25H26ClN7OS. The molecule has 1 aliphatic rings. The highest BCUT2D eigenvalue weighted by Gasteiger charge is 2.30. The molecule has 0 atom stereocenters. The summed E-state index contributed by atoms with van der Waals surface area (Å²) in [5, 5.41) is 12.4. The van der Waals surface area contributed by atoms with E-state index >= 15 is 0 Å². The zero-order valence-electron chi connectivity index (χ0n) is 19.8. The smallest absolute Gasteiger partial charge is 0.223 e. The molecule has 0 spiro atoms. The van der Waals surface area contributed by atoms with Crippen LogP contribution in [-0.2, 0) is 17.6 Å². The molecule has 8 nitrogen and oxygen atoms in total. The van der Waals surface area contributed by atoms with Crippen LogP contribution in [-0.4, -0.2) is 57.7 Å². The number of amides is 1. The van der Waals surface area contributed by atoms with Gasteiger partial charge in [-0.05, 0) is 51.2 Å². The fourth-order valence-electron chi connectivity index (χ4n) is 4.15. The summed E-state index contributed by atoms with van der Waals surface area (Å²) in [4.78, 5) is 24.0. The van der Waals surface area contributed by atoms with Crippen LogP contribution in [0.15, 0.2) is 42.6 Å². The summed E-state index contributed by atoms with van der Waals surface area (Å²) in [6, 6.07) is 11.7. The summed E-state index contributed by atoms with van der Waals surface area (Å²) in [5.41, 5.74) is 5.69. The van der Waals surface area contributed by atoms with E-state index in [2.05, 4.69) is 31.6 Å². The maximum Gasteiger partial charge on any atom is 0.223 e. The van der Waals surface area contributed by atoms with Crippen molar-refractivity contribution in [2.45, 2.75) is 19.8 Å². The zero-order valence-corrected chi connectivity index (χ0v) is 21.4. The number of thiazole rings is 1. The summed E-state index contributed by atoms with van der Waals surface area (Å²) in [7, 11) is 4.09. The number of likely N-dealkylation sites (N-methyl/N-ethyl adjacent to an activating group) is 1. The fourth-order valence-corrected chi connectivity index (χ4v) is 5.48. The number of para-hydroxylation sites is 1. The van der Waals surface area contributed by atoms with E-state index in [1.54, 1.807) is 0 Å². The average molecular weight is 508 g/mol. The predicted octanol–water partition coefficient (Wildman–Crippen LogP) is 4.74. The normalized spacial score (nSPS) is 12.4. The van der Waals surface area contributed by atoms with E-state index in [4.69, 9.17) is 16.7 Å². The Labute approximate surface area is 213 Å². The first kappa shape index (κ1) is 23.5. The van der Waals surface area contributed by atoms with Crippen LogP contribution in [0.1, 0.15) is 18.2 Å². The number of aromatic nitrogens is 4. The van der Waals surface area contributed by atoms with Gasteiger partial charge in [0.25, 0.3) is 0 Å². The molecule has 35 heavy (non-hydrogen) atoms. The van der Waals surface area contributed by atoms with Gasteiger partial charge >= 0.3 is 0 Å². The maximum atomic E-state index is 11.6. The number of fused-ring (bicyclic) bond motifs is 3. The van der Waals surface area contributed by atoms with Gasteiger partial charge in [0.1, 0.15) is 5.82 Å². The minimum atomic E-state index is -0.137. The van der Waals surface area contributed by atoms with E-state index in [9.17, 15) is 4.79 Å². The molecular weight excluding hydrogens is 482 g/mol. The van der Waals surface area contributed by atoms with E-state index in [-0.39, 0.29) is 5.91 Å². The van der Waals surface area contributed by atoms with Crippen molar-refractivity contribution >= 4 is 39.8 Å². The van der Waals surface area contributed by atoms with Crippen LogP contribution in [0.2, 0.25) is 5.02 Å². The van der Waals surface area contributed by atoms with Gasteiger partial charge in [0.05, 0.1) is 32.7 Å². The molecule has 3 aromatic heterocycles. The first-order valence-electron chi connectivity index (χ1n) is 11.4. The molecule has 2 N–H and O–H groups in total. The third-order valence-corrected chi connectivity index (χ3v) is 7.11. The second-order valence-corrected chi connectivity index (χ2v) is 10.1. The third-order valence-electron chi connectivity index (χ3n) is 5.77. The molecule has 4 aromatic rings. The lowest BCUT2D eigenvalue weighted by molar-refractivity contribution is -0.114. The second kappa shape index (κ2) is 9.77. The lowest BCUT2D eigenvalue weighted by Crippen LogP contribution is -2.21. The van der Waals surface area contributed by atoms with Gasteiger partial charge < -0.3 is 15.5 Å². The van der Waals surface area contributed by atoms with Crippen LogP contribution in [0.3, 0.4) is 0 Å². The van der Waals surface area contributed by atoms with Gasteiger partial charge in [0.15, 0.2) is 5.13 Å². The molecule has 0 unspecified atom stereocenters. The van der Waals surface area contributed by atoms with Gasteiger partial charge in [-0.25, -0.2) is 14.6 Å². The number of rotatable bonds is 7. The summed E-state index contributed by atoms with van der Waals surface area (Å²) in [6.07, 6.45) is 3.42. The Hall–Kier alpha value is -3.27. The van der Waals surface area contributed by atoms with Crippen molar-refractivity contribution in [2.24, 2.45) is 0 Å².